The minimum atomic E-state index is 0.757. The molecule has 0 saturated carbocycles. The van der Waals surface area contributed by atoms with Crippen LogP contribution in [0.4, 0.5) is 0 Å². The summed E-state index contributed by atoms with van der Waals surface area (Å²) in [6.07, 6.45) is 1.08. The zero-order valence-electron chi connectivity index (χ0n) is 9.70. The van der Waals surface area contributed by atoms with Crippen molar-refractivity contribution in [3.8, 4) is 0 Å². The number of benzene rings is 1. The van der Waals surface area contributed by atoms with Crippen molar-refractivity contribution in [2.75, 3.05) is 13.1 Å². The van der Waals surface area contributed by atoms with Crippen molar-refractivity contribution in [2.45, 2.75) is 13.3 Å². The average Bonchev–Trinajstić information content (AvgIpc) is 2.38. The lowest BCUT2D eigenvalue weighted by atomic mass is 10.1. The van der Waals surface area contributed by atoms with E-state index in [9.17, 15) is 0 Å². The van der Waals surface area contributed by atoms with E-state index in [1.54, 1.807) is 0 Å². The van der Waals surface area contributed by atoms with E-state index < -0.39 is 0 Å². The third-order valence-corrected chi connectivity index (χ3v) is 3.02. The summed E-state index contributed by atoms with van der Waals surface area (Å²) in [6, 6.07) is 8.07. The van der Waals surface area contributed by atoms with Crippen LogP contribution in [-0.4, -0.2) is 24.8 Å². The molecule has 1 heterocycles. The molecule has 4 nitrogen and oxygen atoms in total. The Morgan fingerprint density at radius 2 is 2.18 bits per heavy atom. The van der Waals surface area contributed by atoms with Crippen LogP contribution in [0.2, 0.25) is 0 Å². The van der Waals surface area contributed by atoms with Crippen LogP contribution in [-0.2, 0) is 0 Å². The van der Waals surface area contributed by atoms with Gasteiger partial charge in [0.1, 0.15) is 0 Å². The Hall–Kier alpha value is -1.36. The fourth-order valence-corrected chi connectivity index (χ4v) is 1.76. The van der Waals surface area contributed by atoms with E-state index in [2.05, 4.69) is 36.8 Å². The molecule has 1 aliphatic heterocycles. The molecule has 0 saturated heterocycles. The predicted octanol–water partition coefficient (Wildman–Crippen LogP) is 2.11. The van der Waals surface area contributed by atoms with Gasteiger partial charge >= 0.3 is 0 Å². The number of guanidine groups is 1. The molecule has 1 aromatic carbocycles. The van der Waals surface area contributed by atoms with Crippen molar-refractivity contribution in [3.63, 3.8) is 0 Å². The number of nitrogens with one attached hydrogen (secondary N) is 2. The van der Waals surface area contributed by atoms with Crippen molar-refractivity contribution in [1.82, 2.24) is 10.7 Å². The van der Waals surface area contributed by atoms with Crippen LogP contribution < -0.4 is 10.7 Å². The van der Waals surface area contributed by atoms with Crippen LogP contribution in [0.1, 0.15) is 18.9 Å². The molecular weight excluding hydrogens is 280 g/mol. The summed E-state index contributed by atoms with van der Waals surface area (Å²) in [5.41, 5.74) is 4.98. The third kappa shape index (κ3) is 3.56. The Bertz CT molecular complexity index is 436. The van der Waals surface area contributed by atoms with E-state index in [0.717, 1.165) is 41.2 Å². The van der Waals surface area contributed by atoms with Crippen LogP contribution in [0, 0.1) is 0 Å². The van der Waals surface area contributed by atoms with Gasteiger partial charge in [0, 0.05) is 17.6 Å². The maximum Gasteiger partial charge on any atom is 0.212 e. The second-order valence-corrected chi connectivity index (χ2v) is 4.74. The maximum atomic E-state index is 4.31. The summed E-state index contributed by atoms with van der Waals surface area (Å²) in [4.78, 5) is 4.29. The number of hydrogen-bond donors (Lipinski definition) is 2. The molecule has 0 bridgehead atoms. The Balaban J connectivity index is 2.01. The van der Waals surface area contributed by atoms with Crippen LogP contribution in [0.15, 0.2) is 38.8 Å². The molecule has 2 N–H and O–H groups in total. The highest BCUT2D eigenvalue weighted by Crippen LogP contribution is 2.10. The summed E-state index contributed by atoms with van der Waals surface area (Å²) >= 11 is 3.41. The zero-order chi connectivity index (χ0) is 12.1. The number of nitrogens with zero attached hydrogens (tertiary/aromatic N) is 2. The molecule has 0 amide bonds. The second kappa shape index (κ2) is 5.82. The highest BCUT2D eigenvalue weighted by molar-refractivity contribution is 9.10. The molecule has 0 spiro atoms. The summed E-state index contributed by atoms with van der Waals surface area (Å²) in [5.74, 6) is 0.757. The van der Waals surface area contributed by atoms with Crippen LogP contribution >= 0.6 is 15.9 Å². The molecular formula is C12H15BrN4. The Labute approximate surface area is 109 Å². The van der Waals surface area contributed by atoms with Gasteiger partial charge in [0.2, 0.25) is 5.96 Å². The number of aliphatic imine (C=N–C) groups is 1. The van der Waals surface area contributed by atoms with E-state index in [1.165, 1.54) is 0 Å². The molecule has 0 aromatic heterocycles. The summed E-state index contributed by atoms with van der Waals surface area (Å²) in [7, 11) is 0. The molecule has 0 unspecified atom stereocenters. The van der Waals surface area contributed by atoms with Gasteiger partial charge in [0.15, 0.2) is 0 Å². The molecule has 1 aromatic rings. The maximum absolute atomic E-state index is 4.31. The normalized spacial score (nSPS) is 16.1. The molecule has 0 fully saturated rings. The molecule has 0 atom stereocenters. The first kappa shape index (κ1) is 12.1. The molecule has 90 valence electrons. The predicted molar refractivity (Wildman–Crippen MR) is 74.4 cm³/mol. The number of rotatable bonds is 2. The van der Waals surface area contributed by atoms with Crippen molar-refractivity contribution in [3.05, 3.63) is 34.3 Å². The topological polar surface area (TPSA) is 48.8 Å². The van der Waals surface area contributed by atoms with Gasteiger partial charge in [-0.05, 0) is 31.0 Å². The van der Waals surface area contributed by atoms with Gasteiger partial charge in [-0.3, -0.25) is 4.99 Å². The van der Waals surface area contributed by atoms with Crippen LogP contribution in [0.5, 0.6) is 0 Å². The van der Waals surface area contributed by atoms with Crippen molar-refractivity contribution in [2.24, 2.45) is 10.1 Å². The summed E-state index contributed by atoms with van der Waals surface area (Å²) in [5, 5.41) is 7.47. The first-order valence-electron chi connectivity index (χ1n) is 5.60. The Kier molecular flexibility index (Phi) is 4.14. The highest BCUT2D eigenvalue weighted by atomic mass is 79.9. The van der Waals surface area contributed by atoms with Crippen molar-refractivity contribution >= 4 is 27.6 Å². The minimum Gasteiger partial charge on any atom is -0.355 e. The van der Waals surface area contributed by atoms with E-state index in [4.69, 9.17) is 0 Å². The first-order chi connectivity index (χ1) is 8.25. The lowest BCUT2D eigenvalue weighted by Gasteiger charge is -2.13. The number of hydrazone groups is 1. The average molecular weight is 295 g/mol. The lowest BCUT2D eigenvalue weighted by Crippen LogP contribution is -2.38. The van der Waals surface area contributed by atoms with Crippen molar-refractivity contribution in [1.29, 1.82) is 0 Å². The van der Waals surface area contributed by atoms with Gasteiger partial charge in [-0.25, -0.2) is 5.43 Å². The lowest BCUT2D eigenvalue weighted by molar-refractivity contribution is 0.711. The third-order valence-electron chi connectivity index (χ3n) is 2.49. The van der Waals surface area contributed by atoms with E-state index >= 15 is 0 Å². The van der Waals surface area contributed by atoms with Crippen LogP contribution in [0.3, 0.4) is 0 Å². The Morgan fingerprint density at radius 3 is 2.82 bits per heavy atom. The molecule has 2 rings (SSSR count). The highest BCUT2D eigenvalue weighted by Gasteiger charge is 2.02. The van der Waals surface area contributed by atoms with Gasteiger partial charge in [0.25, 0.3) is 0 Å². The largest absolute Gasteiger partial charge is 0.355 e. The summed E-state index contributed by atoms with van der Waals surface area (Å²) in [6.45, 7) is 3.79. The van der Waals surface area contributed by atoms with Gasteiger partial charge in [-0.2, -0.15) is 5.10 Å². The van der Waals surface area contributed by atoms with Gasteiger partial charge < -0.3 is 5.32 Å². The second-order valence-electron chi connectivity index (χ2n) is 3.83. The SMILES string of the molecule is CC(=NNC1=NCCCN1)c1ccc(Br)cc1. The van der Waals surface area contributed by atoms with E-state index in [-0.39, 0.29) is 0 Å². The number of hydrogen-bond acceptors (Lipinski definition) is 4. The molecule has 1 aliphatic rings. The van der Waals surface area contributed by atoms with Crippen LogP contribution in [0.25, 0.3) is 0 Å². The first-order valence-corrected chi connectivity index (χ1v) is 6.39. The monoisotopic (exact) mass is 294 g/mol. The van der Waals surface area contributed by atoms with Gasteiger partial charge in [-0.15, -0.1) is 0 Å². The fourth-order valence-electron chi connectivity index (χ4n) is 1.50. The molecule has 0 aliphatic carbocycles. The smallest absolute Gasteiger partial charge is 0.212 e. The molecule has 5 heteroatoms. The van der Waals surface area contributed by atoms with Crippen molar-refractivity contribution < 1.29 is 0 Å². The molecule has 17 heavy (non-hydrogen) atoms. The van der Waals surface area contributed by atoms with Gasteiger partial charge in [-0.1, -0.05) is 28.1 Å². The zero-order valence-corrected chi connectivity index (χ0v) is 11.3. The van der Waals surface area contributed by atoms with E-state index in [1.807, 2.05) is 31.2 Å². The van der Waals surface area contributed by atoms with E-state index in [0.29, 0.717) is 0 Å². The minimum absolute atomic E-state index is 0.757. The fraction of sp³-hybridized carbons (Fsp3) is 0.333. The van der Waals surface area contributed by atoms with Gasteiger partial charge in [0.05, 0.1) is 5.71 Å². The standard InChI is InChI=1S/C12H15BrN4/c1-9(10-3-5-11(13)6-4-10)16-17-12-14-7-2-8-15-12/h3-6H,2,7-8H2,1H3,(H2,14,15,17). The summed E-state index contributed by atoms with van der Waals surface area (Å²) < 4.78 is 1.07. The number of halogens is 1. The molecule has 0 radical (unpaired) electrons. The quantitative estimate of drug-likeness (QED) is 0.648. The Morgan fingerprint density at radius 1 is 1.41 bits per heavy atom.